The SMILES string of the molecule is CCC(COC)n1c(C)nc2cccc(C(=O)O)c21. The van der Waals surface area contributed by atoms with Gasteiger partial charge in [-0.25, -0.2) is 9.78 Å². The van der Waals surface area contributed by atoms with E-state index in [1.807, 2.05) is 17.6 Å². The van der Waals surface area contributed by atoms with Gasteiger partial charge < -0.3 is 14.4 Å². The summed E-state index contributed by atoms with van der Waals surface area (Å²) >= 11 is 0. The zero-order valence-corrected chi connectivity index (χ0v) is 11.4. The van der Waals surface area contributed by atoms with Crippen molar-refractivity contribution in [1.29, 1.82) is 0 Å². The molecule has 102 valence electrons. The predicted octanol–water partition coefficient (Wildman–Crippen LogP) is 2.64. The molecule has 0 saturated heterocycles. The van der Waals surface area contributed by atoms with Crippen LogP contribution in [0.1, 0.15) is 35.6 Å². The molecule has 2 aromatic rings. The van der Waals surface area contributed by atoms with E-state index >= 15 is 0 Å². The van der Waals surface area contributed by atoms with Gasteiger partial charge >= 0.3 is 5.97 Å². The molecular weight excluding hydrogens is 244 g/mol. The third-order valence-electron chi connectivity index (χ3n) is 3.31. The van der Waals surface area contributed by atoms with Gasteiger partial charge in [-0.05, 0) is 25.5 Å². The van der Waals surface area contributed by atoms with Crippen molar-refractivity contribution in [2.75, 3.05) is 13.7 Å². The van der Waals surface area contributed by atoms with Gasteiger partial charge in [0.1, 0.15) is 5.82 Å². The molecule has 0 saturated carbocycles. The van der Waals surface area contributed by atoms with E-state index < -0.39 is 5.97 Å². The van der Waals surface area contributed by atoms with Crippen LogP contribution in [0.3, 0.4) is 0 Å². The van der Waals surface area contributed by atoms with Gasteiger partial charge in [0.2, 0.25) is 0 Å². The Morgan fingerprint density at radius 1 is 1.53 bits per heavy atom. The van der Waals surface area contributed by atoms with Crippen LogP contribution >= 0.6 is 0 Å². The molecule has 0 aliphatic carbocycles. The zero-order valence-electron chi connectivity index (χ0n) is 11.4. The monoisotopic (exact) mass is 262 g/mol. The molecule has 0 aliphatic heterocycles. The van der Waals surface area contributed by atoms with E-state index in [0.29, 0.717) is 17.6 Å². The molecule has 1 atom stereocenters. The molecule has 19 heavy (non-hydrogen) atoms. The number of aryl methyl sites for hydroxylation is 1. The fraction of sp³-hybridized carbons (Fsp3) is 0.429. The highest BCUT2D eigenvalue weighted by atomic mass is 16.5. The first-order valence-electron chi connectivity index (χ1n) is 6.29. The number of ether oxygens (including phenoxy) is 1. The number of carboxylic acids is 1. The Morgan fingerprint density at radius 3 is 2.84 bits per heavy atom. The quantitative estimate of drug-likeness (QED) is 0.899. The van der Waals surface area contributed by atoms with Crippen LogP contribution in [0.4, 0.5) is 0 Å². The normalized spacial score (nSPS) is 12.8. The number of aromatic nitrogens is 2. The summed E-state index contributed by atoms with van der Waals surface area (Å²) in [6, 6.07) is 5.27. The fourth-order valence-corrected chi connectivity index (χ4v) is 2.45. The first-order chi connectivity index (χ1) is 9.10. The molecule has 2 rings (SSSR count). The molecule has 5 heteroatoms. The zero-order chi connectivity index (χ0) is 14.0. The minimum atomic E-state index is -0.931. The highest BCUT2D eigenvalue weighted by Gasteiger charge is 2.20. The lowest BCUT2D eigenvalue weighted by Crippen LogP contribution is -2.16. The second-order valence-corrected chi connectivity index (χ2v) is 4.52. The summed E-state index contributed by atoms with van der Waals surface area (Å²) in [5.41, 5.74) is 1.68. The third-order valence-corrected chi connectivity index (χ3v) is 3.31. The summed E-state index contributed by atoms with van der Waals surface area (Å²) in [4.78, 5) is 15.8. The first kappa shape index (κ1) is 13.5. The molecule has 5 nitrogen and oxygen atoms in total. The molecular formula is C14H18N2O3. The Hall–Kier alpha value is -1.88. The summed E-state index contributed by atoms with van der Waals surface area (Å²) in [5.74, 6) is -0.119. The smallest absolute Gasteiger partial charge is 0.337 e. The number of carbonyl (C=O) groups is 1. The van der Waals surface area contributed by atoms with Crippen molar-refractivity contribution in [3.63, 3.8) is 0 Å². The predicted molar refractivity (Wildman–Crippen MR) is 72.6 cm³/mol. The molecule has 1 heterocycles. The number of hydrogen-bond acceptors (Lipinski definition) is 3. The maximum atomic E-state index is 11.4. The van der Waals surface area contributed by atoms with Crippen LogP contribution in [0.5, 0.6) is 0 Å². The minimum Gasteiger partial charge on any atom is -0.478 e. The van der Waals surface area contributed by atoms with Crippen LogP contribution in [-0.2, 0) is 4.74 Å². The van der Waals surface area contributed by atoms with E-state index in [1.54, 1.807) is 19.2 Å². The molecule has 0 amide bonds. The van der Waals surface area contributed by atoms with Gasteiger partial charge in [-0.2, -0.15) is 0 Å². The lowest BCUT2D eigenvalue weighted by molar-refractivity contribution is 0.0698. The molecule has 0 spiro atoms. The van der Waals surface area contributed by atoms with Crippen molar-refractivity contribution in [2.24, 2.45) is 0 Å². The largest absolute Gasteiger partial charge is 0.478 e. The molecule has 0 aliphatic rings. The Labute approximate surface area is 111 Å². The van der Waals surface area contributed by atoms with Crippen LogP contribution in [0.2, 0.25) is 0 Å². The van der Waals surface area contributed by atoms with Crippen LogP contribution < -0.4 is 0 Å². The standard InChI is InChI=1S/C14H18N2O3/c1-4-10(8-19-3)16-9(2)15-12-7-5-6-11(13(12)16)14(17)18/h5-7,10H,4,8H2,1-3H3,(H,17,18). The summed E-state index contributed by atoms with van der Waals surface area (Å²) in [6.45, 7) is 4.49. The number of nitrogens with zero attached hydrogens (tertiary/aromatic N) is 2. The molecule has 1 aromatic carbocycles. The van der Waals surface area contributed by atoms with Crippen molar-refractivity contribution in [2.45, 2.75) is 26.3 Å². The maximum Gasteiger partial charge on any atom is 0.337 e. The van der Waals surface area contributed by atoms with Gasteiger partial charge in [-0.1, -0.05) is 13.0 Å². The number of carboxylic acid groups (broad SMARTS) is 1. The topological polar surface area (TPSA) is 64.4 Å². The van der Waals surface area contributed by atoms with E-state index in [-0.39, 0.29) is 11.6 Å². The second-order valence-electron chi connectivity index (χ2n) is 4.52. The molecule has 1 aromatic heterocycles. The number of hydrogen-bond donors (Lipinski definition) is 1. The van der Waals surface area contributed by atoms with Gasteiger partial charge in [0.25, 0.3) is 0 Å². The highest BCUT2D eigenvalue weighted by molar-refractivity contribution is 6.01. The van der Waals surface area contributed by atoms with Gasteiger partial charge in [0.15, 0.2) is 0 Å². The van der Waals surface area contributed by atoms with Crippen molar-refractivity contribution in [3.8, 4) is 0 Å². The van der Waals surface area contributed by atoms with Gasteiger partial charge in [-0.15, -0.1) is 0 Å². The number of para-hydroxylation sites is 1. The Kier molecular flexibility index (Phi) is 3.85. The molecule has 0 bridgehead atoms. The molecule has 1 N–H and O–H groups in total. The van der Waals surface area contributed by atoms with E-state index in [2.05, 4.69) is 11.9 Å². The summed E-state index contributed by atoms with van der Waals surface area (Å²) in [5, 5.41) is 9.33. The van der Waals surface area contributed by atoms with Crippen LogP contribution in [-0.4, -0.2) is 34.3 Å². The number of rotatable bonds is 5. The first-order valence-corrected chi connectivity index (χ1v) is 6.29. The van der Waals surface area contributed by atoms with Crippen molar-refractivity contribution < 1.29 is 14.6 Å². The van der Waals surface area contributed by atoms with Crippen LogP contribution in [0, 0.1) is 6.92 Å². The van der Waals surface area contributed by atoms with Crippen LogP contribution in [0.25, 0.3) is 11.0 Å². The maximum absolute atomic E-state index is 11.4. The summed E-state index contributed by atoms with van der Waals surface area (Å²) in [7, 11) is 1.65. The Morgan fingerprint density at radius 2 is 2.26 bits per heavy atom. The molecule has 1 unspecified atom stereocenters. The van der Waals surface area contributed by atoms with E-state index in [1.165, 1.54) is 0 Å². The molecule has 0 radical (unpaired) electrons. The third kappa shape index (κ3) is 2.33. The second kappa shape index (κ2) is 5.40. The van der Waals surface area contributed by atoms with Gasteiger partial charge in [-0.3, -0.25) is 0 Å². The Balaban J connectivity index is 2.71. The number of benzene rings is 1. The van der Waals surface area contributed by atoms with Crippen LogP contribution in [0.15, 0.2) is 18.2 Å². The average Bonchev–Trinajstić information content (AvgIpc) is 2.71. The van der Waals surface area contributed by atoms with E-state index in [9.17, 15) is 9.90 Å². The number of imidazole rings is 1. The fourth-order valence-electron chi connectivity index (χ4n) is 2.45. The van der Waals surface area contributed by atoms with Crippen molar-refractivity contribution >= 4 is 17.0 Å². The van der Waals surface area contributed by atoms with Crippen molar-refractivity contribution in [1.82, 2.24) is 9.55 Å². The lowest BCUT2D eigenvalue weighted by atomic mass is 10.1. The Bertz CT molecular complexity index is 604. The number of aromatic carboxylic acids is 1. The number of fused-ring (bicyclic) bond motifs is 1. The highest BCUT2D eigenvalue weighted by Crippen LogP contribution is 2.26. The van der Waals surface area contributed by atoms with Gasteiger partial charge in [0, 0.05) is 7.11 Å². The van der Waals surface area contributed by atoms with Gasteiger partial charge in [0.05, 0.1) is 29.2 Å². The number of methoxy groups -OCH3 is 1. The average molecular weight is 262 g/mol. The molecule has 0 fully saturated rings. The minimum absolute atomic E-state index is 0.0931. The van der Waals surface area contributed by atoms with E-state index in [4.69, 9.17) is 4.74 Å². The van der Waals surface area contributed by atoms with Crippen molar-refractivity contribution in [3.05, 3.63) is 29.6 Å². The summed E-state index contributed by atoms with van der Waals surface area (Å²) < 4.78 is 7.20. The van der Waals surface area contributed by atoms with E-state index in [0.717, 1.165) is 12.2 Å². The lowest BCUT2D eigenvalue weighted by Gasteiger charge is -2.19. The summed E-state index contributed by atoms with van der Waals surface area (Å²) in [6.07, 6.45) is 0.855.